The van der Waals surface area contributed by atoms with Crippen molar-refractivity contribution >= 4 is 0 Å². The maximum atomic E-state index is 9.24. The molecule has 0 radical (unpaired) electrons. The van der Waals surface area contributed by atoms with Crippen molar-refractivity contribution in [1.82, 2.24) is 0 Å². The first-order valence-corrected chi connectivity index (χ1v) is 3.60. The molecule has 2 atom stereocenters. The number of aliphatic hydroxyl groups is 1. The van der Waals surface area contributed by atoms with Gasteiger partial charge in [-0.25, -0.2) is 0 Å². The summed E-state index contributed by atoms with van der Waals surface area (Å²) in [5.41, 5.74) is 0. The molecule has 1 fully saturated rings. The van der Waals surface area contributed by atoms with Gasteiger partial charge in [0.25, 0.3) is 0 Å². The fourth-order valence-electron chi connectivity index (χ4n) is 1.24. The monoisotopic (exact) mass is 130 g/mol. The maximum Gasteiger partial charge on any atom is 0.0802 e. The average Bonchev–Trinajstić information content (AvgIpc) is 1.89. The Kier molecular flexibility index (Phi) is 2.49. The third-order valence-corrected chi connectivity index (χ3v) is 1.99. The fourth-order valence-corrected chi connectivity index (χ4v) is 1.24. The van der Waals surface area contributed by atoms with E-state index in [2.05, 4.69) is 6.92 Å². The summed E-state index contributed by atoms with van der Waals surface area (Å²) >= 11 is 0. The number of hydrogen-bond acceptors (Lipinski definition) is 2. The molecule has 0 unspecified atom stereocenters. The summed E-state index contributed by atoms with van der Waals surface area (Å²) in [5.74, 6) is 0.485. The summed E-state index contributed by atoms with van der Waals surface area (Å²) in [5, 5.41) is 9.24. The van der Waals surface area contributed by atoms with Crippen LogP contribution in [0.4, 0.5) is 0 Å². The minimum atomic E-state index is -0.205. The molecule has 1 saturated heterocycles. The normalized spacial score (nSPS) is 36.7. The molecule has 1 aliphatic heterocycles. The van der Waals surface area contributed by atoms with Crippen LogP contribution in [-0.2, 0) is 4.74 Å². The molecule has 1 N–H and O–H groups in total. The highest BCUT2D eigenvalue weighted by Crippen LogP contribution is 2.17. The van der Waals surface area contributed by atoms with Crippen molar-refractivity contribution in [1.29, 1.82) is 0 Å². The van der Waals surface area contributed by atoms with Crippen molar-refractivity contribution < 1.29 is 9.84 Å². The second kappa shape index (κ2) is 3.18. The van der Waals surface area contributed by atoms with Gasteiger partial charge in [-0.1, -0.05) is 13.3 Å². The Hall–Kier alpha value is -0.0800. The second-order valence-corrected chi connectivity index (χ2v) is 2.60. The van der Waals surface area contributed by atoms with E-state index in [4.69, 9.17) is 4.74 Å². The van der Waals surface area contributed by atoms with Gasteiger partial charge >= 0.3 is 0 Å². The lowest BCUT2D eigenvalue weighted by atomic mass is 9.95. The van der Waals surface area contributed by atoms with Crippen molar-refractivity contribution in [2.75, 3.05) is 13.2 Å². The Morgan fingerprint density at radius 3 is 2.89 bits per heavy atom. The summed E-state index contributed by atoms with van der Waals surface area (Å²) in [7, 11) is 0. The quantitative estimate of drug-likeness (QED) is 0.568. The Morgan fingerprint density at radius 1 is 1.67 bits per heavy atom. The molecule has 0 amide bonds. The SMILES string of the molecule is CC[C@@H]1CCOC[C@H]1O. The molecule has 54 valence electrons. The summed E-state index contributed by atoms with van der Waals surface area (Å²) in [6.07, 6.45) is 1.89. The largest absolute Gasteiger partial charge is 0.390 e. The molecule has 1 heterocycles. The highest BCUT2D eigenvalue weighted by atomic mass is 16.5. The van der Waals surface area contributed by atoms with E-state index in [1.54, 1.807) is 0 Å². The fraction of sp³-hybridized carbons (Fsp3) is 1.00. The van der Waals surface area contributed by atoms with Gasteiger partial charge in [0.2, 0.25) is 0 Å². The molecule has 2 heteroatoms. The molecular formula is C7H14O2. The van der Waals surface area contributed by atoms with Crippen molar-refractivity contribution in [2.45, 2.75) is 25.9 Å². The standard InChI is InChI=1S/C7H14O2/c1-2-6-3-4-9-5-7(6)8/h6-8H,2-5H2,1H3/t6-,7-/m1/s1. The van der Waals surface area contributed by atoms with Crippen molar-refractivity contribution in [3.8, 4) is 0 Å². The molecule has 2 nitrogen and oxygen atoms in total. The second-order valence-electron chi connectivity index (χ2n) is 2.60. The average molecular weight is 130 g/mol. The van der Waals surface area contributed by atoms with Gasteiger partial charge in [0.05, 0.1) is 12.7 Å². The molecule has 0 aromatic heterocycles. The number of aliphatic hydroxyl groups excluding tert-OH is 1. The van der Waals surface area contributed by atoms with Gasteiger partial charge in [-0.3, -0.25) is 0 Å². The third kappa shape index (κ3) is 1.66. The van der Waals surface area contributed by atoms with Crippen LogP contribution in [0.25, 0.3) is 0 Å². The van der Waals surface area contributed by atoms with E-state index in [1.165, 1.54) is 0 Å². The topological polar surface area (TPSA) is 29.5 Å². The van der Waals surface area contributed by atoms with Crippen molar-refractivity contribution in [2.24, 2.45) is 5.92 Å². The molecule has 0 aromatic rings. The van der Waals surface area contributed by atoms with Crippen molar-refractivity contribution in [3.05, 3.63) is 0 Å². The van der Waals surface area contributed by atoms with Crippen LogP contribution < -0.4 is 0 Å². The predicted octanol–water partition coefficient (Wildman–Crippen LogP) is 0.794. The molecular weight excluding hydrogens is 116 g/mol. The molecule has 1 rings (SSSR count). The lowest BCUT2D eigenvalue weighted by molar-refractivity contribution is -0.0446. The van der Waals surface area contributed by atoms with Gasteiger partial charge in [0.1, 0.15) is 0 Å². The molecule has 1 aliphatic rings. The lowest BCUT2D eigenvalue weighted by Crippen LogP contribution is -2.31. The van der Waals surface area contributed by atoms with Gasteiger partial charge in [0.15, 0.2) is 0 Å². The van der Waals surface area contributed by atoms with Crippen molar-refractivity contribution in [3.63, 3.8) is 0 Å². The van der Waals surface area contributed by atoms with Crippen LogP contribution in [-0.4, -0.2) is 24.4 Å². The Labute approximate surface area is 55.8 Å². The van der Waals surface area contributed by atoms with E-state index in [1.807, 2.05) is 0 Å². The Bertz CT molecular complexity index is 83.0. The van der Waals surface area contributed by atoms with E-state index in [0.29, 0.717) is 12.5 Å². The van der Waals surface area contributed by atoms with Crippen LogP contribution in [0.15, 0.2) is 0 Å². The summed E-state index contributed by atoms with van der Waals surface area (Å²) in [6.45, 7) is 3.48. The van der Waals surface area contributed by atoms with E-state index < -0.39 is 0 Å². The molecule has 0 aliphatic carbocycles. The highest BCUT2D eigenvalue weighted by Gasteiger charge is 2.21. The van der Waals surface area contributed by atoms with Gasteiger partial charge in [-0.15, -0.1) is 0 Å². The van der Waals surface area contributed by atoms with Gasteiger partial charge in [-0.2, -0.15) is 0 Å². The van der Waals surface area contributed by atoms with Crippen LogP contribution in [0.1, 0.15) is 19.8 Å². The molecule has 0 saturated carbocycles. The molecule has 9 heavy (non-hydrogen) atoms. The first kappa shape index (κ1) is 7.03. The van der Waals surface area contributed by atoms with Crippen LogP contribution in [0.3, 0.4) is 0 Å². The number of ether oxygens (including phenoxy) is 1. The third-order valence-electron chi connectivity index (χ3n) is 1.99. The van der Waals surface area contributed by atoms with Crippen LogP contribution in [0, 0.1) is 5.92 Å². The van der Waals surface area contributed by atoms with E-state index in [0.717, 1.165) is 19.4 Å². The van der Waals surface area contributed by atoms with E-state index in [-0.39, 0.29) is 6.10 Å². The minimum absolute atomic E-state index is 0.205. The van der Waals surface area contributed by atoms with Gasteiger partial charge in [-0.05, 0) is 12.3 Å². The smallest absolute Gasteiger partial charge is 0.0802 e. The zero-order valence-electron chi connectivity index (χ0n) is 5.84. The van der Waals surface area contributed by atoms with E-state index >= 15 is 0 Å². The molecule has 0 spiro atoms. The van der Waals surface area contributed by atoms with Gasteiger partial charge in [0, 0.05) is 6.61 Å². The molecule has 0 aromatic carbocycles. The van der Waals surface area contributed by atoms with Crippen LogP contribution >= 0.6 is 0 Å². The Balaban J connectivity index is 2.30. The Morgan fingerprint density at radius 2 is 2.44 bits per heavy atom. The highest BCUT2D eigenvalue weighted by molar-refractivity contribution is 4.70. The zero-order chi connectivity index (χ0) is 6.69. The first-order valence-electron chi connectivity index (χ1n) is 3.60. The minimum Gasteiger partial charge on any atom is -0.390 e. The summed E-state index contributed by atoms with van der Waals surface area (Å²) < 4.78 is 5.06. The number of rotatable bonds is 1. The van der Waals surface area contributed by atoms with Gasteiger partial charge < -0.3 is 9.84 Å². The predicted molar refractivity (Wildman–Crippen MR) is 35.2 cm³/mol. The molecule has 0 bridgehead atoms. The lowest BCUT2D eigenvalue weighted by Gasteiger charge is -2.26. The van der Waals surface area contributed by atoms with Crippen LogP contribution in [0.2, 0.25) is 0 Å². The van der Waals surface area contributed by atoms with Crippen LogP contribution in [0.5, 0.6) is 0 Å². The maximum absolute atomic E-state index is 9.24. The summed E-state index contributed by atoms with van der Waals surface area (Å²) in [4.78, 5) is 0. The first-order chi connectivity index (χ1) is 4.34. The zero-order valence-corrected chi connectivity index (χ0v) is 5.84. The number of hydrogen-bond donors (Lipinski definition) is 1. The van der Waals surface area contributed by atoms with E-state index in [9.17, 15) is 5.11 Å². The summed E-state index contributed by atoms with van der Waals surface area (Å²) in [6, 6.07) is 0.